The third-order valence-electron chi connectivity index (χ3n) is 5.39. The smallest absolute Gasteiger partial charge is 0.180 e. The molecule has 0 aromatic carbocycles. The molecule has 24 heavy (non-hydrogen) atoms. The fraction of sp³-hybridized carbons (Fsp3) is 1.00. The van der Waals surface area contributed by atoms with Crippen molar-refractivity contribution in [3.8, 4) is 0 Å². The van der Waals surface area contributed by atoms with Crippen LogP contribution < -0.4 is 5.32 Å². The summed E-state index contributed by atoms with van der Waals surface area (Å²) in [5.74, 6) is 0.392. The molecule has 0 radical (unpaired) electrons. The molecule has 1 saturated carbocycles. The lowest BCUT2D eigenvalue weighted by Crippen LogP contribution is -2.49. The predicted molar refractivity (Wildman–Crippen MR) is 103 cm³/mol. The van der Waals surface area contributed by atoms with Crippen molar-refractivity contribution in [2.75, 3.05) is 19.8 Å². The average Bonchev–Trinajstić information content (AvgIpc) is 2.59. The van der Waals surface area contributed by atoms with Crippen molar-refractivity contribution in [3.63, 3.8) is 0 Å². The minimum absolute atomic E-state index is 0.425. The lowest BCUT2D eigenvalue weighted by Gasteiger charge is -2.36. The van der Waals surface area contributed by atoms with Gasteiger partial charge in [-0.3, -0.25) is 0 Å². The van der Waals surface area contributed by atoms with Crippen LogP contribution in [0, 0.1) is 5.92 Å². The molecule has 144 valence electrons. The zero-order valence-electron chi connectivity index (χ0n) is 16.9. The van der Waals surface area contributed by atoms with Gasteiger partial charge in [-0.2, -0.15) is 0 Å². The third-order valence-corrected chi connectivity index (χ3v) is 5.39. The predicted octanol–water partition coefficient (Wildman–Crippen LogP) is 5.67. The summed E-state index contributed by atoms with van der Waals surface area (Å²) in [5.41, 5.74) is 0. The topological polar surface area (TPSA) is 30.5 Å². The van der Waals surface area contributed by atoms with E-state index in [4.69, 9.17) is 9.47 Å². The van der Waals surface area contributed by atoms with E-state index < -0.39 is 5.79 Å². The molecule has 0 saturated heterocycles. The first-order chi connectivity index (χ1) is 11.7. The summed E-state index contributed by atoms with van der Waals surface area (Å²) in [4.78, 5) is 0. The molecule has 1 fully saturated rings. The van der Waals surface area contributed by atoms with Crippen molar-refractivity contribution in [2.45, 2.75) is 110 Å². The molecule has 3 heteroatoms. The normalized spacial score (nSPS) is 18.0. The summed E-state index contributed by atoms with van der Waals surface area (Å²) < 4.78 is 12.3. The second-order valence-electron chi connectivity index (χ2n) is 7.63. The van der Waals surface area contributed by atoms with E-state index >= 15 is 0 Å². The molecule has 1 N–H and O–H groups in total. The van der Waals surface area contributed by atoms with Gasteiger partial charge in [-0.15, -0.1) is 0 Å². The Bertz CT molecular complexity index is 284. The van der Waals surface area contributed by atoms with Crippen LogP contribution in [0.5, 0.6) is 0 Å². The van der Waals surface area contributed by atoms with Gasteiger partial charge in [0.25, 0.3) is 0 Å². The zero-order chi connectivity index (χ0) is 17.7. The Kier molecular flexibility index (Phi) is 12.0. The maximum absolute atomic E-state index is 6.14. The Morgan fingerprint density at radius 3 is 2.17 bits per heavy atom. The van der Waals surface area contributed by atoms with Gasteiger partial charge in [-0.05, 0) is 39.0 Å². The monoisotopic (exact) mass is 341 g/mol. The van der Waals surface area contributed by atoms with Crippen molar-refractivity contribution >= 4 is 0 Å². The Balaban J connectivity index is 2.46. The molecule has 0 heterocycles. The fourth-order valence-corrected chi connectivity index (χ4v) is 3.93. The first-order valence-electron chi connectivity index (χ1n) is 10.7. The van der Waals surface area contributed by atoms with Gasteiger partial charge in [0.15, 0.2) is 5.79 Å². The van der Waals surface area contributed by atoms with E-state index in [9.17, 15) is 0 Å². The Morgan fingerprint density at radius 2 is 1.58 bits per heavy atom. The van der Waals surface area contributed by atoms with E-state index in [0.29, 0.717) is 6.04 Å². The number of hydrogen-bond acceptors (Lipinski definition) is 3. The lowest BCUT2D eigenvalue weighted by molar-refractivity contribution is -0.235. The molecule has 0 spiro atoms. The van der Waals surface area contributed by atoms with Gasteiger partial charge in [-0.1, -0.05) is 58.8 Å². The summed E-state index contributed by atoms with van der Waals surface area (Å²) >= 11 is 0. The SMILES string of the molecule is CCCCC(C)CCCC(CNC1CCCCC1)(OCC)OCC. The molecule has 1 rings (SSSR count). The standard InChI is InChI=1S/C21H43NO2/c1-5-8-13-19(4)14-12-17-21(23-6-2,24-7-3)18-22-20-15-10-9-11-16-20/h19-20,22H,5-18H2,1-4H3. The van der Waals surface area contributed by atoms with Crippen LogP contribution in [0.3, 0.4) is 0 Å². The first kappa shape index (κ1) is 21.9. The lowest BCUT2D eigenvalue weighted by atomic mass is 9.94. The van der Waals surface area contributed by atoms with Gasteiger partial charge in [0.05, 0.1) is 0 Å². The minimum atomic E-state index is -0.425. The number of rotatable bonds is 14. The number of ether oxygens (including phenoxy) is 2. The van der Waals surface area contributed by atoms with Gasteiger partial charge >= 0.3 is 0 Å². The Hall–Kier alpha value is -0.120. The van der Waals surface area contributed by atoms with E-state index in [-0.39, 0.29) is 0 Å². The summed E-state index contributed by atoms with van der Waals surface area (Å²) in [6.45, 7) is 11.1. The van der Waals surface area contributed by atoms with Crippen molar-refractivity contribution < 1.29 is 9.47 Å². The highest BCUT2D eigenvalue weighted by Crippen LogP contribution is 2.25. The van der Waals surface area contributed by atoms with E-state index in [2.05, 4.69) is 33.0 Å². The molecule has 0 aromatic heterocycles. The van der Waals surface area contributed by atoms with Crippen LogP contribution in [0.2, 0.25) is 0 Å². The number of unbranched alkanes of at least 4 members (excludes halogenated alkanes) is 1. The van der Waals surface area contributed by atoms with E-state index in [0.717, 1.165) is 32.1 Å². The third kappa shape index (κ3) is 8.82. The highest BCUT2D eigenvalue weighted by Gasteiger charge is 2.32. The molecule has 0 aromatic rings. The molecular weight excluding hydrogens is 298 g/mol. The van der Waals surface area contributed by atoms with Crippen molar-refractivity contribution in [1.82, 2.24) is 5.32 Å². The van der Waals surface area contributed by atoms with Crippen LogP contribution >= 0.6 is 0 Å². The number of hydrogen-bond donors (Lipinski definition) is 1. The van der Waals surface area contributed by atoms with E-state index in [1.165, 1.54) is 64.2 Å². The molecule has 1 atom stereocenters. The van der Waals surface area contributed by atoms with Crippen LogP contribution in [0.15, 0.2) is 0 Å². The van der Waals surface area contributed by atoms with E-state index in [1.54, 1.807) is 0 Å². The fourth-order valence-electron chi connectivity index (χ4n) is 3.93. The van der Waals surface area contributed by atoms with Gasteiger partial charge in [0, 0.05) is 32.2 Å². The van der Waals surface area contributed by atoms with Crippen LogP contribution in [0.25, 0.3) is 0 Å². The van der Waals surface area contributed by atoms with Crippen molar-refractivity contribution in [1.29, 1.82) is 0 Å². The molecule has 0 bridgehead atoms. The zero-order valence-corrected chi connectivity index (χ0v) is 16.9. The summed E-state index contributed by atoms with van der Waals surface area (Å²) in [5, 5.41) is 3.75. The van der Waals surface area contributed by atoms with E-state index in [1.807, 2.05) is 0 Å². The molecule has 3 nitrogen and oxygen atoms in total. The highest BCUT2D eigenvalue weighted by atomic mass is 16.7. The van der Waals surface area contributed by atoms with Crippen molar-refractivity contribution in [3.05, 3.63) is 0 Å². The van der Waals surface area contributed by atoms with Gasteiger partial charge in [0.2, 0.25) is 0 Å². The highest BCUT2D eigenvalue weighted by molar-refractivity contribution is 4.79. The van der Waals surface area contributed by atoms with Gasteiger partial charge in [0.1, 0.15) is 0 Å². The van der Waals surface area contributed by atoms with Crippen LogP contribution in [-0.4, -0.2) is 31.6 Å². The van der Waals surface area contributed by atoms with Gasteiger partial charge in [-0.25, -0.2) is 0 Å². The number of nitrogens with one attached hydrogen (secondary N) is 1. The maximum atomic E-state index is 6.14. The first-order valence-corrected chi connectivity index (χ1v) is 10.7. The second-order valence-corrected chi connectivity index (χ2v) is 7.63. The molecule has 1 aliphatic rings. The van der Waals surface area contributed by atoms with Crippen LogP contribution in [0.4, 0.5) is 0 Å². The minimum Gasteiger partial charge on any atom is -0.349 e. The summed E-state index contributed by atoms with van der Waals surface area (Å²) in [7, 11) is 0. The molecule has 1 aliphatic carbocycles. The molecule has 0 amide bonds. The quantitative estimate of drug-likeness (QED) is 0.413. The molecule has 0 aliphatic heterocycles. The largest absolute Gasteiger partial charge is 0.349 e. The van der Waals surface area contributed by atoms with Crippen LogP contribution in [-0.2, 0) is 9.47 Å². The second kappa shape index (κ2) is 13.1. The van der Waals surface area contributed by atoms with Gasteiger partial charge < -0.3 is 14.8 Å². The van der Waals surface area contributed by atoms with Crippen molar-refractivity contribution in [2.24, 2.45) is 5.92 Å². The summed E-state index contributed by atoms with van der Waals surface area (Å²) in [6.07, 6.45) is 14.2. The Morgan fingerprint density at radius 1 is 0.958 bits per heavy atom. The molecule has 1 unspecified atom stereocenters. The Labute approximate surface area is 151 Å². The average molecular weight is 342 g/mol. The van der Waals surface area contributed by atoms with Crippen LogP contribution in [0.1, 0.15) is 98.3 Å². The summed E-state index contributed by atoms with van der Waals surface area (Å²) in [6, 6.07) is 0.655. The molecular formula is C21H43NO2. The maximum Gasteiger partial charge on any atom is 0.180 e.